The minimum Gasteiger partial charge on any atom is -0.346 e. The Labute approximate surface area is 169 Å². The van der Waals surface area contributed by atoms with E-state index in [1.165, 1.54) is 16.7 Å². The lowest BCUT2D eigenvalue weighted by Crippen LogP contribution is -2.44. The molecule has 1 saturated carbocycles. The molecule has 3 rings (SSSR count). The van der Waals surface area contributed by atoms with Crippen LogP contribution >= 0.6 is 0 Å². The molecule has 1 aliphatic carbocycles. The summed E-state index contributed by atoms with van der Waals surface area (Å²) in [5.74, 6) is -1.41. The molecule has 0 aliphatic heterocycles. The quantitative estimate of drug-likeness (QED) is 0.638. The van der Waals surface area contributed by atoms with Gasteiger partial charge in [0.25, 0.3) is 0 Å². The second kappa shape index (κ2) is 9.77. The molecule has 0 aromatic heterocycles. The van der Waals surface area contributed by atoms with E-state index in [1.54, 1.807) is 0 Å². The van der Waals surface area contributed by atoms with E-state index in [2.05, 4.69) is 35.7 Å². The summed E-state index contributed by atoms with van der Waals surface area (Å²) in [6.07, 6.45) is 2.02. The number of allylic oxidation sites excluding steroid dienone is 2. The van der Waals surface area contributed by atoms with Crippen molar-refractivity contribution in [3.8, 4) is 0 Å². The van der Waals surface area contributed by atoms with Gasteiger partial charge in [-0.15, -0.1) is 0 Å². The second-order valence-corrected chi connectivity index (χ2v) is 7.68. The molecule has 154 valence electrons. The zero-order chi connectivity index (χ0) is 20.7. The highest BCUT2D eigenvalue weighted by Gasteiger charge is 2.40. The number of rotatable bonds is 6. The molecular weight excluding hydrogens is 375 g/mol. The van der Waals surface area contributed by atoms with Crippen LogP contribution in [0, 0.1) is 5.92 Å². The molecule has 1 N–H and O–H groups in total. The second-order valence-electron chi connectivity index (χ2n) is 7.68. The lowest BCUT2D eigenvalue weighted by atomic mass is 9.81. The highest BCUT2D eigenvalue weighted by atomic mass is 19.4. The van der Waals surface area contributed by atoms with Crippen molar-refractivity contribution in [2.45, 2.75) is 50.7 Å². The number of carbonyl (C=O) groups is 1. The molecule has 0 unspecified atom stereocenters. The Morgan fingerprint density at radius 2 is 1.52 bits per heavy atom. The first-order valence-corrected chi connectivity index (χ1v) is 10.1. The average Bonchev–Trinajstić information content (AvgIpc) is 2.73. The molecule has 1 aliphatic rings. The maximum atomic E-state index is 12.4. The SMILES string of the molecule is O=C(NC1CCC(CC(=CCc2ccccc2)c2ccccc2)CC1)C(F)(F)F. The van der Waals surface area contributed by atoms with Gasteiger partial charge in [0.05, 0.1) is 0 Å². The number of hydrogen-bond donors (Lipinski definition) is 1. The third kappa shape index (κ3) is 6.48. The molecular formula is C24H26F3NO. The molecule has 0 bridgehead atoms. The molecule has 0 spiro atoms. The molecule has 2 aromatic carbocycles. The van der Waals surface area contributed by atoms with Crippen LogP contribution in [-0.4, -0.2) is 18.1 Å². The van der Waals surface area contributed by atoms with Gasteiger partial charge in [0.2, 0.25) is 0 Å². The van der Waals surface area contributed by atoms with Gasteiger partial charge >= 0.3 is 12.1 Å². The highest BCUT2D eigenvalue weighted by molar-refractivity contribution is 5.81. The van der Waals surface area contributed by atoms with Crippen molar-refractivity contribution in [2.75, 3.05) is 0 Å². The van der Waals surface area contributed by atoms with Gasteiger partial charge in [-0.25, -0.2) is 0 Å². The van der Waals surface area contributed by atoms with E-state index in [0.717, 1.165) is 25.7 Å². The molecule has 29 heavy (non-hydrogen) atoms. The minimum atomic E-state index is -4.81. The fourth-order valence-electron chi connectivity index (χ4n) is 3.92. The molecule has 2 nitrogen and oxygen atoms in total. The number of hydrogen-bond acceptors (Lipinski definition) is 1. The Kier molecular flexibility index (Phi) is 7.13. The number of nitrogens with one attached hydrogen (secondary N) is 1. The lowest BCUT2D eigenvalue weighted by molar-refractivity contribution is -0.174. The minimum absolute atomic E-state index is 0.381. The predicted molar refractivity (Wildman–Crippen MR) is 109 cm³/mol. The van der Waals surface area contributed by atoms with Crippen LogP contribution in [0.15, 0.2) is 66.7 Å². The zero-order valence-electron chi connectivity index (χ0n) is 16.3. The molecule has 0 saturated heterocycles. The first-order valence-electron chi connectivity index (χ1n) is 10.1. The largest absolute Gasteiger partial charge is 0.471 e. The third-order valence-electron chi connectivity index (χ3n) is 5.52. The van der Waals surface area contributed by atoms with Gasteiger partial charge in [0.1, 0.15) is 0 Å². The monoisotopic (exact) mass is 401 g/mol. The van der Waals surface area contributed by atoms with Crippen molar-refractivity contribution in [1.82, 2.24) is 5.32 Å². The van der Waals surface area contributed by atoms with Gasteiger partial charge in [0.15, 0.2) is 0 Å². The maximum Gasteiger partial charge on any atom is 0.471 e. The molecule has 2 aromatic rings. The van der Waals surface area contributed by atoms with Crippen molar-refractivity contribution in [1.29, 1.82) is 0 Å². The molecule has 0 atom stereocenters. The maximum absolute atomic E-state index is 12.4. The average molecular weight is 401 g/mol. The summed E-state index contributed by atoms with van der Waals surface area (Å²) in [6, 6.07) is 20.1. The van der Waals surface area contributed by atoms with Crippen LogP contribution in [0.25, 0.3) is 5.57 Å². The Balaban J connectivity index is 1.61. The number of carbonyl (C=O) groups excluding carboxylic acids is 1. The predicted octanol–water partition coefficient (Wildman–Crippen LogP) is 5.94. The van der Waals surface area contributed by atoms with Crippen LogP contribution in [0.3, 0.4) is 0 Å². The first kappa shape index (κ1) is 21.2. The molecule has 1 fully saturated rings. The summed E-state index contributed by atoms with van der Waals surface area (Å²) >= 11 is 0. The van der Waals surface area contributed by atoms with Crippen LogP contribution in [0.2, 0.25) is 0 Å². The summed E-state index contributed by atoms with van der Waals surface area (Å²) in [7, 11) is 0. The fraction of sp³-hybridized carbons (Fsp3) is 0.375. The van der Waals surface area contributed by atoms with E-state index < -0.39 is 12.1 Å². The highest BCUT2D eigenvalue weighted by Crippen LogP contribution is 2.33. The van der Waals surface area contributed by atoms with Crippen molar-refractivity contribution in [3.63, 3.8) is 0 Å². The Morgan fingerprint density at radius 3 is 2.10 bits per heavy atom. The van der Waals surface area contributed by atoms with Gasteiger partial charge in [-0.2, -0.15) is 13.2 Å². The van der Waals surface area contributed by atoms with Gasteiger partial charge in [-0.05, 0) is 61.1 Å². The molecule has 0 radical (unpaired) electrons. The summed E-state index contributed by atoms with van der Waals surface area (Å²) in [5, 5.41) is 2.13. The van der Waals surface area contributed by atoms with Crippen LogP contribution < -0.4 is 5.32 Å². The van der Waals surface area contributed by atoms with Crippen LogP contribution in [0.1, 0.15) is 43.2 Å². The van der Waals surface area contributed by atoms with E-state index in [-0.39, 0.29) is 6.04 Å². The Morgan fingerprint density at radius 1 is 0.931 bits per heavy atom. The van der Waals surface area contributed by atoms with Crippen LogP contribution in [-0.2, 0) is 11.2 Å². The first-order chi connectivity index (χ1) is 13.9. The topological polar surface area (TPSA) is 29.1 Å². The summed E-state index contributed by atoms with van der Waals surface area (Å²) < 4.78 is 37.3. The summed E-state index contributed by atoms with van der Waals surface area (Å²) in [4.78, 5) is 11.2. The van der Waals surface area contributed by atoms with E-state index in [1.807, 2.05) is 36.4 Å². The van der Waals surface area contributed by atoms with Crippen LogP contribution in [0.5, 0.6) is 0 Å². The van der Waals surface area contributed by atoms with Crippen LogP contribution in [0.4, 0.5) is 13.2 Å². The van der Waals surface area contributed by atoms with E-state index in [9.17, 15) is 18.0 Å². The van der Waals surface area contributed by atoms with Gasteiger partial charge < -0.3 is 5.32 Å². The molecule has 0 heterocycles. The van der Waals surface area contributed by atoms with Crippen molar-refractivity contribution >= 4 is 11.5 Å². The van der Waals surface area contributed by atoms with Gasteiger partial charge in [-0.1, -0.05) is 66.7 Å². The number of amides is 1. The number of benzene rings is 2. The Hall–Kier alpha value is -2.56. The summed E-state index contributed by atoms with van der Waals surface area (Å²) in [5.41, 5.74) is 3.72. The fourth-order valence-corrected chi connectivity index (χ4v) is 3.92. The van der Waals surface area contributed by atoms with E-state index in [4.69, 9.17) is 0 Å². The smallest absolute Gasteiger partial charge is 0.346 e. The molecule has 5 heteroatoms. The van der Waals surface area contributed by atoms with Crippen molar-refractivity contribution < 1.29 is 18.0 Å². The van der Waals surface area contributed by atoms with E-state index >= 15 is 0 Å². The standard InChI is InChI=1S/C24H26F3NO/c25-24(26,27)23(29)28-22-15-12-19(13-16-22)17-21(20-9-5-2-6-10-20)14-11-18-7-3-1-4-8-18/h1-10,14,19,22H,11-13,15-17H2,(H,28,29). The summed E-state index contributed by atoms with van der Waals surface area (Å²) in [6.45, 7) is 0. The lowest BCUT2D eigenvalue weighted by Gasteiger charge is -2.30. The van der Waals surface area contributed by atoms with Crippen molar-refractivity contribution in [3.05, 3.63) is 77.9 Å². The zero-order valence-corrected chi connectivity index (χ0v) is 16.3. The van der Waals surface area contributed by atoms with Gasteiger partial charge in [-0.3, -0.25) is 4.79 Å². The molecule has 1 amide bonds. The Bertz CT molecular complexity index is 807. The normalized spacial score (nSPS) is 20.3. The van der Waals surface area contributed by atoms with Gasteiger partial charge in [0, 0.05) is 6.04 Å². The third-order valence-corrected chi connectivity index (χ3v) is 5.52. The number of halogens is 3. The van der Waals surface area contributed by atoms with Crippen molar-refractivity contribution in [2.24, 2.45) is 5.92 Å². The number of alkyl halides is 3. The van der Waals surface area contributed by atoms with E-state index in [0.29, 0.717) is 18.8 Å².